The summed E-state index contributed by atoms with van der Waals surface area (Å²) in [7, 11) is -3.39. The molecule has 0 amide bonds. The smallest absolute Gasteiger partial charge is 0.211 e. The molecule has 2 N–H and O–H groups in total. The maximum atomic E-state index is 12.5. The average molecular weight is 725 g/mol. The first-order valence-corrected chi connectivity index (χ1v) is 19.8. The number of aromatic nitrogens is 2. The molecule has 0 unspecified atom stereocenters. The van der Waals surface area contributed by atoms with E-state index in [0.717, 1.165) is 70.7 Å². The fourth-order valence-corrected chi connectivity index (χ4v) is 8.09. The predicted octanol–water partition coefficient (Wildman–Crippen LogP) is 5.27. The highest BCUT2D eigenvalue weighted by Gasteiger charge is 2.30. The zero-order valence-electron chi connectivity index (χ0n) is 26.8. The van der Waals surface area contributed by atoms with E-state index in [4.69, 9.17) is 28.3 Å². The van der Waals surface area contributed by atoms with E-state index in [-0.39, 0.29) is 6.54 Å². The topological polar surface area (TPSA) is 90.7 Å². The number of aliphatic hydroxyl groups is 1. The van der Waals surface area contributed by atoms with E-state index in [0.29, 0.717) is 42.3 Å². The van der Waals surface area contributed by atoms with Gasteiger partial charge in [-0.05, 0) is 47.5 Å². The van der Waals surface area contributed by atoms with Crippen LogP contribution in [0.3, 0.4) is 0 Å². The van der Waals surface area contributed by atoms with Crippen molar-refractivity contribution in [2.75, 3.05) is 43.9 Å². The summed E-state index contributed by atoms with van der Waals surface area (Å²) >= 11 is 14.5. The molecule has 1 aromatic heterocycles. The van der Waals surface area contributed by atoms with Crippen molar-refractivity contribution in [1.29, 1.82) is 0 Å². The average Bonchev–Trinajstić information content (AvgIpc) is 3.43. The van der Waals surface area contributed by atoms with Gasteiger partial charge in [0.05, 0.1) is 29.6 Å². The molecular formula is C36H39Cl2N5O3S2. The fraction of sp³-hybridized carbons (Fsp3) is 0.361. The summed E-state index contributed by atoms with van der Waals surface area (Å²) < 4.78 is 28.4. The van der Waals surface area contributed by atoms with Gasteiger partial charge in [0.2, 0.25) is 10.0 Å². The van der Waals surface area contributed by atoms with E-state index in [1.54, 1.807) is 0 Å². The number of rotatable bonds is 10. The Kier molecular flexibility index (Phi) is 11.5. The summed E-state index contributed by atoms with van der Waals surface area (Å²) in [6.45, 7) is 4.95. The second-order valence-electron chi connectivity index (χ2n) is 12.2. The quantitative estimate of drug-likeness (QED) is 0.216. The Morgan fingerprint density at radius 2 is 1.62 bits per heavy atom. The molecule has 0 spiro atoms. The first-order valence-electron chi connectivity index (χ1n) is 16.0. The molecule has 4 aromatic rings. The van der Waals surface area contributed by atoms with Crippen molar-refractivity contribution in [2.24, 2.45) is 0 Å². The fourth-order valence-electron chi connectivity index (χ4n) is 6.04. The molecule has 2 aliphatic rings. The van der Waals surface area contributed by atoms with Crippen LogP contribution in [-0.4, -0.2) is 82.6 Å². The van der Waals surface area contributed by atoms with Crippen LogP contribution in [-0.2, 0) is 42.6 Å². The summed E-state index contributed by atoms with van der Waals surface area (Å²) in [4.78, 5) is 2.29. The standard InChI is InChI=1S/C36H39Cl2N5O3S2/c1-48(45,46)42-15-14-35-33(25-42)36(40-43(35)24-32(44)23-41-16-18-47-19-17-41)30-10-13-34(38)29(20-30)9-6-26-2-4-27(5-3-26)21-39-22-28-7-11-31(37)12-8-28/h2-5,7-8,10-13,20,32,39,44H,14-19,21-25H2,1H3/t32-/m1/s1. The minimum Gasteiger partial charge on any atom is -0.390 e. The van der Waals surface area contributed by atoms with Crippen molar-refractivity contribution < 1.29 is 13.5 Å². The Balaban J connectivity index is 1.19. The highest BCUT2D eigenvalue weighted by Crippen LogP contribution is 2.33. The number of hydrogen-bond acceptors (Lipinski definition) is 7. The van der Waals surface area contributed by atoms with Gasteiger partial charge in [-0.25, -0.2) is 8.42 Å². The number of β-amino-alcohol motifs (C(OH)–C–C–N with tert-alkyl or cyclic N) is 1. The van der Waals surface area contributed by atoms with Gasteiger partial charge in [0.25, 0.3) is 0 Å². The zero-order valence-corrected chi connectivity index (χ0v) is 30.0. The number of hydrogen-bond donors (Lipinski definition) is 2. The lowest BCUT2D eigenvalue weighted by Gasteiger charge is -2.29. The summed E-state index contributed by atoms with van der Waals surface area (Å²) in [5.74, 6) is 8.61. The highest BCUT2D eigenvalue weighted by atomic mass is 35.5. The van der Waals surface area contributed by atoms with E-state index in [1.165, 1.54) is 16.1 Å². The van der Waals surface area contributed by atoms with Crippen molar-refractivity contribution in [3.63, 3.8) is 0 Å². The maximum absolute atomic E-state index is 12.5. The molecule has 252 valence electrons. The molecule has 6 rings (SSSR count). The number of nitrogens with one attached hydrogen (secondary N) is 1. The molecule has 48 heavy (non-hydrogen) atoms. The minimum absolute atomic E-state index is 0.230. The van der Waals surface area contributed by atoms with Crippen LogP contribution in [0.25, 0.3) is 11.3 Å². The number of nitrogens with zero attached hydrogens (tertiary/aromatic N) is 4. The van der Waals surface area contributed by atoms with E-state index >= 15 is 0 Å². The van der Waals surface area contributed by atoms with E-state index in [9.17, 15) is 13.5 Å². The number of halogens is 2. The molecule has 1 fully saturated rings. The van der Waals surface area contributed by atoms with E-state index in [2.05, 4.69) is 34.2 Å². The maximum Gasteiger partial charge on any atom is 0.211 e. The Morgan fingerprint density at radius 3 is 2.31 bits per heavy atom. The lowest BCUT2D eigenvalue weighted by atomic mass is 10.0. The van der Waals surface area contributed by atoms with Gasteiger partial charge in [-0.15, -0.1) is 0 Å². The SMILES string of the molecule is CS(=O)(=O)N1CCc2c(c(-c3ccc(Cl)c(C#Cc4ccc(CNCc5ccc(Cl)cc5)cc4)c3)nn2C[C@H](O)CN2CCSCC2)C1. The van der Waals surface area contributed by atoms with Crippen LogP contribution in [0.5, 0.6) is 0 Å². The third-order valence-corrected chi connectivity index (χ3v) is 11.4. The van der Waals surface area contributed by atoms with E-state index in [1.807, 2.05) is 71.0 Å². The van der Waals surface area contributed by atoms with Crippen LogP contribution in [0.15, 0.2) is 66.7 Å². The van der Waals surface area contributed by atoms with E-state index < -0.39 is 16.1 Å². The highest BCUT2D eigenvalue weighted by molar-refractivity contribution is 7.99. The summed E-state index contributed by atoms with van der Waals surface area (Å²) in [5.41, 5.74) is 7.16. The van der Waals surface area contributed by atoms with Crippen LogP contribution in [0.2, 0.25) is 10.0 Å². The first kappa shape index (κ1) is 35.0. The van der Waals surface area contributed by atoms with Gasteiger partial charge in [-0.1, -0.05) is 65.4 Å². The molecule has 0 radical (unpaired) electrons. The summed E-state index contributed by atoms with van der Waals surface area (Å²) in [6, 6.07) is 21.5. The third kappa shape index (κ3) is 9.03. The van der Waals surface area contributed by atoms with Crippen LogP contribution in [0.4, 0.5) is 0 Å². The summed E-state index contributed by atoms with van der Waals surface area (Å²) in [5, 5.41) is 20.7. The van der Waals surface area contributed by atoms with Crippen LogP contribution >= 0.6 is 35.0 Å². The Hall–Kier alpha value is -2.85. The molecule has 2 aliphatic heterocycles. The largest absolute Gasteiger partial charge is 0.390 e. The van der Waals surface area contributed by atoms with Gasteiger partial charge in [0.15, 0.2) is 0 Å². The Labute approximate surface area is 297 Å². The molecule has 0 saturated carbocycles. The Morgan fingerprint density at radius 1 is 0.938 bits per heavy atom. The molecule has 0 bridgehead atoms. The number of sulfonamides is 1. The Bertz CT molecular complexity index is 1900. The number of fused-ring (bicyclic) bond motifs is 1. The normalized spacial score (nSPS) is 16.2. The molecule has 3 heterocycles. The van der Waals surface area contributed by atoms with Crippen LogP contribution in [0.1, 0.15) is 33.5 Å². The number of aliphatic hydroxyl groups excluding tert-OH is 1. The van der Waals surface area contributed by atoms with Crippen molar-refractivity contribution in [2.45, 2.75) is 38.7 Å². The minimum atomic E-state index is -3.39. The van der Waals surface area contributed by atoms with Crippen molar-refractivity contribution in [1.82, 2.24) is 24.3 Å². The molecular weight excluding hydrogens is 685 g/mol. The zero-order chi connectivity index (χ0) is 33.7. The number of benzene rings is 3. The third-order valence-electron chi connectivity index (χ3n) is 8.63. The van der Waals surface area contributed by atoms with Crippen LogP contribution in [0, 0.1) is 11.8 Å². The van der Waals surface area contributed by atoms with Crippen molar-refractivity contribution in [3.05, 3.63) is 110 Å². The molecule has 1 atom stereocenters. The molecule has 0 aliphatic carbocycles. The molecule has 3 aromatic carbocycles. The second kappa shape index (κ2) is 15.8. The monoisotopic (exact) mass is 723 g/mol. The van der Waals surface area contributed by atoms with Crippen LogP contribution < -0.4 is 5.32 Å². The summed E-state index contributed by atoms with van der Waals surface area (Å²) in [6.07, 6.45) is 1.17. The lowest BCUT2D eigenvalue weighted by molar-refractivity contribution is 0.0985. The second-order valence-corrected chi connectivity index (χ2v) is 16.3. The molecule has 1 saturated heterocycles. The van der Waals surface area contributed by atoms with Gasteiger partial charge >= 0.3 is 0 Å². The van der Waals surface area contributed by atoms with Gasteiger partial charge in [-0.2, -0.15) is 21.2 Å². The lowest BCUT2D eigenvalue weighted by Crippen LogP contribution is -2.40. The molecule has 12 heteroatoms. The van der Waals surface area contributed by atoms with Crippen molar-refractivity contribution in [3.8, 4) is 23.1 Å². The number of thioether (sulfide) groups is 1. The van der Waals surface area contributed by atoms with Crippen molar-refractivity contribution >= 4 is 45.0 Å². The molecule has 8 nitrogen and oxygen atoms in total. The first-order chi connectivity index (χ1) is 23.1. The van der Waals surface area contributed by atoms with Gasteiger partial charge in [0.1, 0.15) is 0 Å². The predicted molar refractivity (Wildman–Crippen MR) is 196 cm³/mol. The van der Waals surface area contributed by atoms with Gasteiger partial charge < -0.3 is 10.4 Å². The van der Waals surface area contributed by atoms with Gasteiger partial charge in [-0.3, -0.25) is 9.58 Å². The van der Waals surface area contributed by atoms with Gasteiger partial charge in [0, 0.05) is 96.7 Å².